The van der Waals surface area contributed by atoms with Crippen LogP contribution in [0.25, 0.3) is 0 Å². The van der Waals surface area contributed by atoms with E-state index >= 15 is 0 Å². The number of esters is 3. The third-order valence-corrected chi connectivity index (χ3v) is 16.2. The molecule has 0 N–H and O–H groups in total. The fourth-order valence-corrected chi connectivity index (χ4v) is 10.7. The molecule has 0 saturated heterocycles. The van der Waals surface area contributed by atoms with Crippen LogP contribution in [0.1, 0.15) is 380 Å². The van der Waals surface area contributed by atoms with Gasteiger partial charge in [0.1, 0.15) is 13.2 Å². The van der Waals surface area contributed by atoms with Gasteiger partial charge in [-0.05, 0) is 116 Å². The predicted octanol–water partition coefficient (Wildman–Crippen LogP) is 25.2. The summed E-state index contributed by atoms with van der Waals surface area (Å²) in [7, 11) is 0. The van der Waals surface area contributed by atoms with Crippen molar-refractivity contribution in [3.8, 4) is 0 Å². The molecule has 0 heterocycles. The molecule has 83 heavy (non-hydrogen) atoms. The fourth-order valence-electron chi connectivity index (χ4n) is 10.7. The van der Waals surface area contributed by atoms with Gasteiger partial charge in [0.15, 0.2) is 6.10 Å². The van der Waals surface area contributed by atoms with Gasteiger partial charge in [-0.15, -0.1) is 0 Å². The van der Waals surface area contributed by atoms with E-state index in [1.165, 1.54) is 244 Å². The van der Waals surface area contributed by atoms with Gasteiger partial charge < -0.3 is 14.2 Å². The van der Waals surface area contributed by atoms with Crippen molar-refractivity contribution in [2.24, 2.45) is 0 Å². The highest BCUT2D eigenvalue weighted by Crippen LogP contribution is 2.18. The summed E-state index contributed by atoms with van der Waals surface area (Å²) < 4.78 is 17.0. The normalized spacial score (nSPS) is 12.5. The van der Waals surface area contributed by atoms with Crippen molar-refractivity contribution in [1.82, 2.24) is 0 Å². The second-order valence-electron chi connectivity index (χ2n) is 24.5. The molecule has 0 spiro atoms. The van der Waals surface area contributed by atoms with Crippen molar-refractivity contribution in [2.45, 2.75) is 386 Å². The molecule has 0 bridgehead atoms. The first-order valence-corrected chi connectivity index (χ1v) is 36.4. The molecule has 0 amide bonds. The minimum absolute atomic E-state index is 0.0798. The lowest BCUT2D eigenvalue weighted by molar-refractivity contribution is -0.167. The van der Waals surface area contributed by atoms with Gasteiger partial charge in [-0.2, -0.15) is 0 Å². The summed E-state index contributed by atoms with van der Waals surface area (Å²) in [5.74, 6) is -0.881. The van der Waals surface area contributed by atoms with Crippen LogP contribution in [0.3, 0.4) is 0 Å². The molecule has 0 aliphatic carbocycles. The van der Waals surface area contributed by atoms with Crippen molar-refractivity contribution in [3.63, 3.8) is 0 Å². The van der Waals surface area contributed by atoms with Crippen molar-refractivity contribution in [3.05, 3.63) is 72.9 Å². The zero-order valence-corrected chi connectivity index (χ0v) is 55.5. The molecular formula is C77H138O6. The monoisotopic (exact) mass is 1160 g/mol. The zero-order chi connectivity index (χ0) is 59.9. The lowest BCUT2D eigenvalue weighted by Gasteiger charge is -2.18. The molecule has 0 aromatic heterocycles. The summed E-state index contributed by atoms with van der Waals surface area (Å²) in [5, 5.41) is 0. The lowest BCUT2D eigenvalue weighted by atomic mass is 10.0. The highest BCUT2D eigenvalue weighted by atomic mass is 16.6. The maximum Gasteiger partial charge on any atom is 0.306 e. The van der Waals surface area contributed by atoms with Crippen molar-refractivity contribution >= 4 is 17.9 Å². The number of carbonyl (C=O) groups is 3. The molecule has 0 radical (unpaired) electrons. The summed E-state index contributed by atoms with van der Waals surface area (Å²) in [6.07, 6.45) is 93.7. The molecule has 0 aromatic rings. The molecule has 0 rings (SSSR count). The predicted molar refractivity (Wildman–Crippen MR) is 362 cm³/mol. The zero-order valence-electron chi connectivity index (χ0n) is 55.5. The summed E-state index contributed by atoms with van der Waals surface area (Å²) in [6.45, 7) is 6.62. The number of carbonyl (C=O) groups excluding carboxylic acids is 3. The molecular weight excluding hydrogens is 1020 g/mol. The molecule has 6 nitrogen and oxygen atoms in total. The Morgan fingerprint density at radius 1 is 0.241 bits per heavy atom. The van der Waals surface area contributed by atoms with E-state index in [9.17, 15) is 14.4 Å². The first-order chi connectivity index (χ1) is 41.0. The topological polar surface area (TPSA) is 78.9 Å². The Hall–Kier alpha value is -3.15. The molecule has 0 aliphatic rings. The van der Waals surface area contributed by atoms with Crippen LogP contribution in [-0.2, 0) is 28.6 Å². The molecule has 0 aromatic carbocycles. The van der Waals surface area contributed by atoms with Gasteiger partial charge >= 0.3 is 17.9 Å². The molecule has 482 valence electrons. The quantitative estimate of drug-likeness (QED) is 0.0261. The van der Waals surface area contributed by atoms with Crippen molar-refractivity contribution < 1.29 is 28.6 Å². The van der Waals surface area contributed by atoms with Gasteiger partial charge in [-0.25, -0.2) is 0 Å². The van der Waals surface area contributed by atoms with E-state index in [1.807, 2.05) is 0 Å². The Balaban J connectivity index is 4.17. The van der Waals surface area contributed by atoms with Gasteiger partial charge in [0.25, 0.3) is 0 Å². The van der Waals surface area contributed by atoms with E-state index in [-0.39, 0.29) is 31.1 Å². The first kappa shape index (κ1) is 79.8. The van der Waals surface area contributed by atoms with E-state index in [1.54, 1.807) is 0 Å². The highest BCUT2D eigenvalue weighted by Gasteiger charge is 2.19. The lowest BCUT2D eigenvalue weighted by Crippen LogP contribution is -2.30. The van der Waals surface area contributed by atoms with Gasteiger partial charge in [-0.3, -0.25) is 14.4 Å². The van der Waals surface area contributed by atoms with Gasteiger partial charge in [0.05, 0.1) is 0 Å². The summed E-state index contributed by atoms with van der Waals surface area (Å²) in [4.78, 5) is 38.4. The molecule has 0 saturated carbocycles. The Labute approximate surface area is 516 Å². The van der Waals surface area contributed by atoms with Crippen molar-refractivity contribution in [1.29, 1.82) is 0 Å². The molecule has 1 atom stereocenters. The number of allylic oxidation sites excluding steroid dienone is 12. The van der Waals surface area contributed by atoms with Crippen LogP contribution in [-0.4, -0.2) is 37.2 Å². The fraction of sp³-hybridized carbons (Fsp3) is 0.805. The Morgan fingerprint density at radius 2 is 0.434 bits per heavy atom. The van der Waals surface area contributed by atoms with E-state index in [4.69, 9.17) is 14.2 Å². The standard InChI is InChI=1S/C77H138O6/c1-4-7-10-13-16-19-22-25-27-29-31-32-33-34-35-36-37-38-39-40-41-42-43-44-46-47-49-52-55-58-61-64-67-70-76(79)82-73-74(72-81-75(78)69-66-63-60-57-54-51-24-21-18-15-12-9-6-3)83-77(80)71-68-65-62-59-56-53-50-48-45-30-28-26-23-20-17-14-11-8-5-2/h17,20-22,24-26,28-29,31,45,48,74H,4-16,18-19,23,27,30,32-44,46-47,49-73H2,1-3H3/b20-17-,24-21-,25-22-,28-26-,31-29-,48-45-. The molecule has 0 fully saturated rings. The van der Waals surface area contributed by atoms with E-state index in [0.29, 0.717) is 19.3 Å². The Morgan fingerprint density at radius 3 is 0.723 bits per heavy atom. The summed E-state index contributed by atoms with van der Waals surface area (Å²) in [6, 6.07) is 0. The minimum Gasteiger partial charge on any atom is -0.462 e. The third kappa shape index (κ3) is 69.5. The molecule has 1 unspecified atom stereocenters. The second-order valence-corrected chi connectivity index (χ2v) is 24.5. The van der Waals surface area contributed by atoms with E-state index in [0.717, 1.165) is 96.3 Å². The number of hydrogen-bond acceptors (Lipinski definition) is 6. The summed E-state index contributed by atoms with van der Waals surface area (Å²) >= 11 is 0. The number of rotatable bonds is 67. The largest absolute Gasteiger partial charge is 0.462 e. The molecule has 0 aliphatic heterocycles. The van der Waals surface area contributed by atoms with Gasteiger partial charge in [-0.1, -0.05) is 318 Å². The van der Waals surface area contributed by atoms with Crippen LogP contribution < -0.4 is 0 Å². The molecule has 6 heteroatoms. The highest BCUT2D eigenvalue weighted by molar-refractivity contribution is 5.71. The number of ether oxygens (including phenoxy) is 3. The van der Waals surface area contributed by atoms with Crippen molar-refractivity contribution in [2.75, 3.05) is 13.2 Å². The summed E-state index contributed by atoms with van der Waals surface area (Å²) in [5.41, 5.74) is 0. The second kappa shape index (κ2) is 71.3. The smallest absolute Gasteiger partial charge is 0.306 e. The minimum atomic E-state index is -0.786. The maximum absolute atomic E-state index is 12.9. The Kier molecular flexibility index (Phi) is 68.6. The third-order valence-electron chi connectivity index (χ3n) is 16.2. The van der Waals surface area contributed by atoms with E-state index in [2.05, 4.69) is 93.7 Å². The number of hydrogen-bond donors (Lipinski definition) is 0. The van der Waals surface area contributed by atoms with Crippen LogP contribution >= 0.6 is 0 Å². The maximum atomic E-state index is 12.9. The van der Waals surface area contributed by atoms with Crippen LogP contribution in [0, 0.1) is 0 Å². The van der Waals surface area contributed by atoms with Crippen LogP contribution in [0.15, 0.2) is 72.9 Å². The number of unbranched alkanes of at least 4 members (excludes halogenated alkanes) is 44. The average Bonchev–Trinajstić information content (AvgIpc) is 3.49. The SMILES string of the molecule is CCCCC/C=C\C/C=C\C/C=C\CCCCCCCCC(=O)OC(COC(=O)CCCCCCC/C=C\CCCCCC)COC(=O)CCCCCCCCCCCCCCCCCCCCCCC/C=C\C/C=C\CCCCCCC. The van der Waals surface area contributed by atoms with Gasteiger partial charge in [0.2, 0.25) is 0 Å². The average molecular weight is 1160 g/mol. The van der Waals surface area contributed by atoms with Crippen LogP contribution in [0.4, 0.5) is 0 Å². The van der Waals surface area contributed by atoms with E-state index < -0.39 is 6.10 Å². The Bertz CT molecular complexity index is 1520. The first-order valence-electron chi connectivity index (χ1n) is 36.4. The van der Waals surface area contributed by atoms with Crippen LogP contribution in [0.5, 0.6) is 0 Å². The van der Waals surface area contributed by atoms with Crippen LogP contribution in [0.2, 0.25) is 0 Å². The van der Waals surface area contributed by atoms with Gasteiger partial charge in [0, 0.05) is 19.3 Å².